The fourth-order valence-electron chi connectivity index (χ4n) is 3.48. The Bertz CT molecular complexity index is 738. The van der Waals surface area contributed by atoms with Crippen molar-refractivity contribution < 1.29 is 4.79 Å². The first kappa shape index (κ1) is 14.4. The van der Waals surface area contributed by atoms with E-state index in [1.54, 1.807) is 0 Å². The van der Waals surface area contributed by atoms with Gasteiger partial charge in [0.25, 0.3) is 5.91 Å². The Labute approximate surface area is 140 Å². The van der Waals surface area contributed by atoms with Crippen LogP contribution in [0.4, 0.5) is 0 Å². The highest BCUT2D eigenvalue weighted by Gasteiger charge is 2.35. The van der Waals surface area contributed by atoms with E-state index in [1.807, 2.05) is 35.4 Å². The van der Waals surface area contributed by atoms with E-state index in [-0.39, 0.29) is 11.9 Å². The number of hydrogen-bond donors (Lipinski definition) is 2. The Kier molecular flexibility index (Phi) is 3.62. The molecule has 2 heterocycles. The van der Waals surface area contributed by atoms with E-state index in [0.29, 0.717) is 5.16 Å². The number of aryl methyl sites for hydroxylation is 1. The molecule has 1 aromatic rings. The molecule has 0 radical (unpaired) electrons. The lowest BCUT2D eigenvalue weighted by Gasteiger charge is -2.30. The normalized spacial score (nSPS) is 25.0. The van der Waals surface area contributed by atoms with Crippen molar-refractivity contribution in [2.75, 3.05) is 0 Å². The van der Waals surface area contributed by atoms with Gasteiger partial charge in [-0.1, -0.05) is 41.9 Å². The van der Waals surface area contributed by atoms with E-state index in [1.165, 1.54) is 11.1 Å². The van der Waals surface area contributed by atoms with Crippen LogP contribution in [-0.2, 0) is 11.2 Å². The predicted octanol–water partition coefficient (Wildman–Crippen LogP) is 2.90. The smallest absolute Gasteiger partial charge is 0.264 e. The monoisotopic (exact) mass is 327 g/mol. The first-order valence-corrected chi connectivity index (χ1v) is 8.29. The zero-order valence-electron chi connectivity index (χ0n) is 12.6. The lowest BCUT2D eigenvalue weighted by atomic mass is 9.87. The van der Waals surface area contributed by atoms with E-state index >= 15 is 0 Å². The maximum absolute atomic E-state index is 12.8. The van der Waals surface area contributed by atoms with Crippen molar-refractivity contribution in [3.05, 3.63) is 70.7 Å². The Morgan fingerprint density at radius 3 is 3.09 bits per heavy atom. The topological polar surface area (TPSA) is 44.4 Å². The first-order chi connectivity index (χ1) is 11.2. The molecule has 0 saturated heterocycles. The van der Waals surface area contributed by atoms with Gasteiger partial charge in [0, 0.05) is 6.20 Å². The van der Waals surface area contributed by atoms with E-state index < -0.39 is 6.17 Å². The zero-order chi connectivity index (χ0) is 15.8. The van der Waals surface area contributed by atoms with Gasteiger partial charge < -0.3 is 15.5 Å². The first-order valence-electron chi connectivity index (χ1n) is 7.92. The van der Waals surface area contributed by atoms with Crippen molar-refractivity contribution in [3.63, 3.8) is 0 Å². The second kappa shape index (κ2) is 5.78. The third-order valence-electron chi connectivity index (χ3n) is 4.59. The van der Waals surface area contributed by atoms with Crippen LogP contribution < -0.4 is 10.6 Å². The Balaban J connectivity index is 1.52. The van der Waals surface area contributed by atoms with Crippen LogP contribution in [0.2, 0.25) is 0 Å². The van der Waals surface area contributed by atoms with Crippen molar-refractivity contribution in [2.45, 2.75) is 31.5 Å². The molecule has 1 aliphatic carbocycles. The summed E-state index contributed by atoms with van der Waals surface area (Å²) in [6.45, 7) is 0. The SMILES string of the molecule is O=C(N[C@H]1CCCc2ccccc21)C1NC(Cl)=C2C=CC=CN21. The molecule has 0 fully saturated rings. The summed E-state index contributed by atoms with van der Waals surface area (Å²) in [5, 5.41) is 6.76. The van der Waals surface area contributed by atoms with E-state index in [0.717, 1.165) is 25.0 Å². The lowest BCUT2D eigenvalue weighted by molar-refractivity contribution is -0.126. The highest BCUT2D eigenvalue weighted by molar-refractivity contribution is 6.30. The van der Waals surface area contributed by atoms with Gasteiger partial charge in [-0.3, -0.25) is 4.79 Å². The van der Waals surface area contributed by atoms with Crippen LogP contribution in [0.5, 0.6) is 0 Å². The standard InChI is InChI=1S/C18H18ClN3O/c19-16-15-10-3-4-11-22(15)17(21-16)18(23)20-14-9-5-7-12-6-1-2-8-13(12)14/h1-4,6,8,10-11,14,17,21H,5,7,9H2,(H,20,23)/t14-,17?/m0/s1. The fourth-order valence-corrected chi connectivity index (χ4v) is 3.74. The van der Waals surface area contributed by atoms with Crippen molar-refractivity contribution >= 4 is 17.5 Å². The summed E-state index contributed by atoms with van der Waals surface area (Å²) in [7, 11) is 0. The molecule has 4 nitrogen and oxygen atoms in total. The number of carbonyl (C=O) groups is 1. The van der Waals surface area contributed by atoms with Gasteiger partial charge in [0.1, 0.15) is 5.16 Å². The molecule has 2 N–H and O–H groups in total. The van der Waals surface area contributed by atoms with Crippen molar-refractivity contribution in [1.82, 2.24) is 15.5 Å². The van der Waals surface area contributed by atoms with Gasteiger partial charge in [0.05, 0.1) is 11.7 Å². The van der Waals surface area contributed by atoms with Crippen molar-refractivity contribution in [1.29, 1.82) is 0 Å². The molecule has 118 valence electrons. The number of rotatable bonds is 2. The molecular formula is C18H18ClN3O. The Morgan fingerprint density at radius 2 is 2.17 bits per heavy atom. The molecule has 1 aromatic carbocycles. The largest absolute Gasteiger partial charge is 0.346 e. The summed E-state index contributed by atoms with van der Waals surface area (Å²) >= 11 is 6.21. The second-order valence-corrected chi connectivity index (χ2v) is 6.38. The van der Waals surface area contributed by atoms with E-state index in [2.05, 4.69) is 28.8 Å². The molecular weight excluding hydrogens is 310 g/mol. The number of nitrogens with zero attached hydrogens (tertiary/aromatic N) is 1. The van der Waals surface area contributed by atoms with E-state index in [9.17, 15) is 4.79 Å². The number of nitrogens with one attached hydrogen (secondary N) is 2. The highest BCUT2D eigenvalue weighted by Crippen LogP contribution is 2.31. The van der Waals surface area contributed by atoms with Gasteiger partial charge in [-0.05, 0) is 42.5 Å². The second-order valence-electron chi connectivity index (χ2n) is 6.01. The number of benzene rings is 1. The average molecular weight is 328 g/mol. The molecule has 2 atom stereocenters. The lowest BCUT2D eigenvalue weighted by Crippen LogP contribution is -2.49. The molecule has 5 heteroatoms. The number of carbonyl (C=O) groups excluding carboxylic acids is 1. The van der Waals surface area contributed by atoms with Gasteiger partial charge in [-0.25, -0.2) is 0 Å². The van der Waals surface area contributed by atoms with Crippen LogP contribution >= 0.6 is 11.6 Å². The molecule has 23 heavy (non-hydrogen) atoms. The Morgan fingerprint density at radius 1 is 1.30 bits per heavy atom. The minimum Gasteiger partial charge on any atom is -0.346 e. The molecule has 4 rings (SSSR count). The van der Waals surface area contributed by atoms with Gasteiger partial charge in [-0.2, -0.15) is 0 Å². The van der Waals surface area contributed by atoms with Crippen LogP contribution in [0.25, 0.3) is 0 Å². The summed E-state index contributed by atoms with van der Waals surface area (Å²) < 4.78 is 0. The predicted molar refractivity (Wildman–Crippen MR) is 90.2 cm³/mol. The van der Waals surface area contributed by atoms with E-state index in [4.69, 9.17) is 11.6 Å². The highest BCUT2D eigenvalue weighted by atomic mass is 35.5. The molecule has 3 aliphatic rings. The minimum absolute atomic E-state index is 0.0557. The van der Waals surface area contributed by atoms with Gasteiger partial charge in [-0.15, -0.1) is 0 Å². The van der Waals surface area contributed by atoms with Crippen molar-refractivity contribution in [2.24, 2.45) is 0 Å². The Hall–Kier alpha value is -2.20. The van der Waals surface area contributed by atoms with Crippen molar-refractivity contribution in [3.8, 4) is 0 Å². The number of amides is 1. The van der Waals surface area contributed by atoms with Crippen LogP contribution in [-0.4, -0.2) is 17.0 Å². The summed E-state index contributed by atoms with van der Waals surface area (Å²) in [4.78, 5) is 14.6. The fraction of sp³-hybridized carbons (Fsp3) is 0.278. The molecule has 0 spiro atoms. The van der Waals surface area contributed by atoms with Crippen LogP contribution in [0.15, 0.2) is 59.5 Å². The number of fused-ring (bicyclic) bond motifs is 2. The third kappa shape index (κ3) is 2.53. The van der Waals surface area contributed by atoms with Gasteiger partial charge >= 0.3 is 0 Å². The summed E-state index contributed by atoms with van der Waals surface area (Å²) in [6.07, 6.45) is 10.2. The average Bonchev–Trinajstić information content (AvgIpc) is 2.93. The van der Waals surface area contributed by atoms with Gasteiger partial charge in [0.15, 0.2) is 6.17 Å². The zero-order valence-corrected chi connectivity index (χ0v) is 13.4. The van der Waals surface area contributed by atoms with Crippen LogP contribution in [0, 0.1) is 0 Å². The summed E-state index contributed by atoms with van der Waals surface area (Å²) in [5.41, 5.74) is 3.40. The maximum atomic E-state index is 12.8. The molecule has 1 unspecified atom stereocenters. The molecule has 1 amide bonds. The quantitative estimate of drug-likeness (QED) is 0.821. The molecule has 0 bridgehead atoms. The molecule has 0 aromatic heterocycles. The van der Waals surface area contributed by atoms with Crippen LogP contribution in [0.3, 0.4) is 0 Å². The summed E-state index contributed by atoms with van der Waals surface area (Å²) in [5.74, 6) is -0.0557. The molecule has 2 aliphatic heterocycles. The third-order valence-corrected chi connectivity index (χ3v) is 4.89. The number of allylic oxidation sites excluding steroid dienone is 3. The van der Waals surface area contributed by atoms with Crippen LogP contribution in [0.1, 0.15) is 30.0 Å². The summed E-state index contributed by atoms with van der Waals surface area (Å²) in [6, 6.07) is 8.42. The maximum Gasteiger partial charge on any atom is 0.264 e. The number of halogens is 1. The minimum atomic E-state index is -0.493. The number of hydrogen-bond acceptors (Lipinski definition) is 3. The van der Waals surface area contributed by atoms with Gasteiger partial charge in [0.2, 0.25) is 0 Å². The molecule has 0 saturated carbocycles.